The lowest BCUT2D eigenvalue weighted by atomic mass is 10.0. The first kappa shape index (κ1) is 28.5. The van der Waals surface area contributed by atoms with Gasteiger partial charge in [0.1, 0.15) is 0 Å². The van der Waals surface area contributed by atoms with Crippen molar-refractivity contribution in [1.29, 1.82) is 0 Å². The molecule has 0 amide bonds. The molecule has 0 spiro atoms. The van der Waals surface area contributed by atoms with Gasteiger partial charge in [0, 0.05) is 50.0 Å². The number of aromatic nitrogens is 4. The van der Waals surface area contributed by atoms with E-state index in [9.17, 15) is 0 Å². The molecular formula is C44H31N5. The molecule has 2 aliphatic heterocycles. The molecule has 0 atom stereocenters. The second-order valence-corrected chi connectivity index (χ2v) is 12.2. The van der Waals surface area contributed by atoms with Gasteiger partial charge in [-0.25, -0.2) is 9.97 Å². The van der Waals surface area contributed by atoms with Gasteiger partial charge in [0.15, 0.2) is 0 Å². The lowest BCUT2D eigenvalue weighted by molar-refractivity contribution is 1.31. The summed E-state index contributed by atoms with van der Waals surface area (Å²) in [6, 6.07) is 48.0. The Kier molecular flexibility index (Phi) is 6.87. The molecule has 4 N–H and O–H groups in total. The Balaban J connectivity index is 1.48. The molecule has 49 heavy (non-hydrogen) atoms. The van der Waals surface area contributed by atoms with Gasteiger partial charge in [-0.05, 0) is 83.0 Å². The van der Waals surface area contributed by atoms with E-state index in [0.29, 0.717) is 5.69 Å². The first-order valence-electron chi connectivity index (χ1n) is 16.4. The van der Waals surface area contributed by atoms with Crippen molar-refractivity contribution in [2.45, 2.75) is 0 Å². The summed E-state index contributed by atoms with van der Waals surface area (Å²) in [5.41, 5.74) is 22.6. The molecule has 0 unspecified atom stereocenters. The fourth-order valence-corrected chi connectivity index (χ4v) is 6.88. The number of hydrogen-bond donors (Lipinski definition) is 3. The molecule has 5 nitrogen and oxygen atoms in total. The molecule has 9 rings (SSSR count). The number of anilines is 1. The maximum Gasteiger partial charge on any atom is 0.0737 e. The molecule has 5 heteroatoms. The number of rotatable bonds is 4. The zero-order chi connectivity index (χ0) is 32.7. The van der Waals surface area contributed by atoms with Crippen molar-refractivity contribution in [1.82, 2.24) is 19.9 Å². The van der Waals surface area contributed by atoms with Gasteiger partial charge in [-0.3, -0.25) is 0 Å². The van der Waals surface area contributed by atoms with E-state index in [4.69, 9.17) is 15.7 Å². The Morgan fingerprint density at radius 1 is 0.327 bits per heavy atom. The van der Waals surface area contributed by atoms with Crippen LogP contribution in [0.1, 0.15) is 22.8 Å². The van der Waals surface area contributed by atoms with Crippen molar-refractivity contribution in [2.24, 2.45) is 0 Å². The summed E-state index contributed by atoms with van der Waals surface area (Å²) < 4.78 is 0. The topological polar surface area (TPSA) is 83.4 Å². The van der Waals surface area contributed by atoms with Gasteiger partial charge in [-0.15, -0.1) is 0 Å². The average Bonchev–Trinajstić information content (AvgIpc) is 3.98. The van der Waals surface area contributed by atoms with Crippen LogP contribution in [-0.4, -0.2) is 19.9 Å². The number of H-pyrrole nitrogens is 2. The first-order chi connectivity index (χ1) is 24.2. The highest BCUT2D eigenvalue weighted by atomic mass is 14.8. The molecule has 8 bridgehead atoms. The van der Waals surface area contributed by atoms with E-state index in [-0.39, 0.29) is 0 Å². The molecule has 2 aliphatic rings. The van der Waals surface area contributed by atoms with Crippen molar-refractivity contribution < 1.29 is 0 Å². The van der Waals surface area contributed by atoms with Gasteiger partial charge in [-0.1, -0.05) is 103 Å². The Bertz CT molecular complexity index is 2540. The van der Waals surface area contributed by atoms with E-state index in [1.807, 2.05) is 30.3 Å². The van der Waals surface area contributed by atoms with Gasteiger partial charge < -0.3 is 15.7 Å². The molecule has 232 valence electrons. The van der Waals surface area contributed by atoms with E-state index in [0.717, 1.165) is 89.4 Å². The molecular weight excluding hydrogens is 599 g/mol. The number of nitrogens with zero attached hydrogens (tertiary/aromatic N) is 2. The highest BCUT2D eigenvalue weighted by Crippen LogP contribution is 2.38. The highest BCUT2D eigenvalue weighted by Gasteiger charge is 2.18. The largest absolute Gasteiger partial charge is 0.399 e. The second-order valence-electron chi connectivity index (χ2n) is 12.2. The summed E-state index contributed by atoms with van der Waals surface area (Å²) in [7, 11) is 0. The molecule has 0 saturated heterocycles. The molecule has 3 aromatic heterocycles. The van der Waals surface area contributed by atoms with E-state index in [1.54, 1.807) is 0 Å². The third-order valence-corrected chi connectivity index (χ3v) is 9.14. The summed E-state index contributed by atoms with van der Waals surface area (Å²) in [4.78, 5) is 18.3. The summed E-state index contributed by atoms with van der Waals surface area (Å²) in [6.07, 6.45) is 8.48. The van der Waals surface area contributed by atoms with E-state index < -0.39 is 0 Å². The van der Waals surface area contributed by atoms with Crippen molar-refractivity contribution in [3.63, 3.8) is 0 Å². The predicted octanol–water partition coefficient (Wildman–Crippen LogP) is 10.9. The molecule has 0 radical (unpaired) electrons. The van der Waals surface area contributed by atoms with Crippen molar-refractivity contribution >= 4 is 52.1 Å². The van der Waals surface area contributed by atoms with Gasteiger partial charge in [-0.2, -0.15) is 0 Å². The van der Waals surface area contributed by atoms with Gasteiger partial charge in [0.2, 0.25) is 0 Å². The number of fused-ring (bicyclic) bond motifs is 8. The van der Waals surface area contributed by atoms with Crippen molar-refractivity contribution in [3.8, 4) is 44.5 Å². The number of nitrogen functional groups attached to an aromatic ring is 1. The Labute approximate surface area is 283 Å². The van der Waals surface area contributed by atoms with Gasteiger partial charge >= 0.3 is 0 Å². The van der Waals surface area contributed by atoms with Crippen LogP contribution >= 0.6 is 0 Å². The predicted molar refractivity (Wildman–Crippen MR) is 205 cm³/mol. The Hall–Kier alpha value is -6.72. The Morgan fingerprint density at radius 3 is 0.918 bits per heavy atom. The maximum absolute atomic E-state index is 6.14. The minimum absolute atomic E-state index is 0.715. The SMILES string of the molecule is Nc1ccc(-c2c3nc(c(-c4ccccc4)c4ccc([nH]4)c(-c4ccccc4)c4nc(c(-c5ccccc5)c5ccc2[nH]5)C=C4)C=C3)cc1. The second kappa shape index (κ2) is 11.8. The van der Waals surface area contributed by atoms with Crippen LogP contribution in [-0.2, 0) is 0 Å². The van der Waals surface area contributed by atoms with Crippen LogP contribution in [0.3, 0.4) is 0 Å². The molecule has 0 aliphatic carbocycles. The minimum Gasteiger partial charge on any atom is -0.399 e. The number of aromatic amines is 2. The minimum atomic E-state index is 0.715. The molecule has 0 fully saturated rings. The third-order valence-electron chi connectivity index (χ3n) is 9.14. The number of benzene rings is 4. The van der Waals surface area contributed by atoms with Gasteiger partial charge in [0.05, 0.1) is 22.8 Å². The summed E-state index contributed by atoms with van der Waals surface area (Å²) >= 11 is 0. The first-order valence-corrected chi connectivity index (χ1v) is 16.4. The van der Waals surface area contributed by atoms with Crippen LogP contribution in [0.25, 0.3) is 90.9 Å². The van der Waals surface area contributed by atoms with Crippen LogP contribution in [0, 0.1) is 0 Å². The van der Waals surface area contributed by atoms with Crippen LogP contribution in [0.4, 0.5) is 5.69 Å². The molecule has 0 saturated carbocycles. The zero-order valence-corrected chi connectivity index (χ0v) is 26.6. The van der Waals surface area contributed by atoms with Gasteiger partial charge in [0.25, 0.3) is 0 Å². The average molecular weight is 630 g/mol. The summed E-state index contributed by atoms with van der Waals surface area (Å²) in [5.74, 6) is 0. The van der Waals surface area contributed by atoms with Crippen molar-refractivity contribution in [2.75, 3.05) is 5.73 Å². The highest BCUT2D eigenvalue weighted by molar-refractivity contribution is 5.99. The lowest BCUT2D eigenvalue weighted by Crippen LogP contribution is -1.90. The zero-order valence-electron chi connectivity index (χ0n) is 26.6. The smallest absolute Gasteiger partial charge is 0.0737 e. The quantitative estimate of drug-likeness (QED) is 0.169. The summed E-state index contributed by atoms with van der Waals surface area (Å²) in [5, 5.41) is 0. The number of nitrogens with one attached hydrogen (secondary N) is 2. The third kappa shape index (κ3) is 5.14. The Morgan fingerprint density at radius 2 is 0.612 bits per heavy atom. The van der Waals surface area contributed by atoms with Crippen LogP contribution < -0.4 is 5.73 Å². The number of hydrogen-bond acceptors (Lipinski definition) is 3. The molecule has 5 heterocycles. The summed E-state index contributed by atoms with van der Waals surface area (Å²) in [6.45, 7) is 0. The van der Waals surface area contributed by atoms with Crippen molar-refractivity contribution in [3.05, 3.63) is 162 Å². The van der Waals surface area contributed by atoms with E-state index >= 15 is 0 Å². The van der Waals surface area contributed by atoms with E-state index in [2.05, 4.69) is 143 Å². The standard InChI is InChI=1S/C44H31N5/c45-32-18-16-31(17-19-32)44-39-26-24-37(48-39)42(29-12-6-2-7-13-29)35-22-20-33(46-35)41(28-10-4-1-5-11-28)34-21-23-36(47-34)43(30-14-8-3-9-15-30)38-25-27-40(44)49-38/h1-27,46,49H,45H2. The van der Waals surface area contributed by atoms with Crippen LogP contribution in [0.2, 0.25) is 0 Å². The van der Waals surface area contributed by atoms with Crippen LogP contribution in [0.15, 0.2) is 140 Å². The monoisotopic (exact) mass is 629 g/mol. The number of nitrogens with two attached hydrogens (primary N) is 1. The molecule has 7 aromatic rings. The lowest BCUT2D eigenvalue weighted by Gasteiger charge is -2.07. The van der Waals surface area contributed by atoms with E-state index in [1.165, 1.54) is 0 Å². The fraction of sp³-hybridized carbons (Fsp3) is 0. The van der Waals surface area contributed by atoms with Crippen LogP contribution in [0.5, 0.6) is 0 Å². The molecule has 4 aromatic carbocycles. The maximum atomic E-state index is 6.14. The normalized spacial score (nSPS) is 12.0. The fourth-order valence-electron chi connectivity index (χ4n) is 6.88.